The topological polar surface area (TPSA) is 50.4 Å². The molecule has 4 nitrogen and oxygen atoms in total. The molecule has 1 aliphatic carbocycles. The minimum absolute atomic E-state index is 0.0266. The van der Waals surface area contributed by atoms with E-state index in [-0.39, 0.29) is 17.0 Å². The molecule has 3 aromatic rings. The van der Waals surface area contributed by atoms with Crippen LogP contribution in [-0.2, 0) is 0 Å². The van der Waals surface area contributed by atoms with Gasteiger partial charge in [0.25, 0.3) is 5.91 Å². The van der Waals surface area contributed by atoms with E-state index in [9.17, 15) is 9.18 Å². The molecule has 0 spiro atoms. The molecule has 2 atom stereocenters. The van der Waals surface area contributed by atoms with Crippen molar-refractivity contribution in [3.05, 3.63) is 76.0 Å². The van der Waals surface area contributed by atoms with Gasteiger partial charge in [0.05, 0.1) is 11.6 Å². The van der Waals surface area contributed by atoms with Crippen LogP contribution in [0.1, 0.15) is 36.0 Å². The van der Waals surface area contributed by atoms with Gasteiger partial charge in [-0.3, -0.25) is 4.79 Å². The van der Waals surface area contributed by atoms with E-state index in [2.05, 4.69) is 10.6 Å². The Bertz CT molecular complexity index is 1120. The molecular formula is C26H27Cl2FN2O2. The SMILES string of the molecule is O=C(NC1CCC(CNCCCOc2ccc(Cl)c(F)c2)C1)c1ccc2cc(Cl)ccc2c1. The van der Waals surface area contributed by atoms with Crippen molar-refractivity contribution in [3.63, 3.8) is 0 Å². The molecule has 1 amide bonds. The third-order valence-electron chi connectivity index (χ3n) is 6.03. The molecular weight excluding hydrogens is 462 g/mol. The average molecular weight is 489 g/mol. The van der Waals surface area contributed by atoms with Crippen LogP contribution in [0.15, 0.2) is 54.6 Å². The van der Waals surface area contributed by atoms with Crippen molar-refractivity contribution >= 4 is 39.9 Å². The van der Waals surface area contributed by atoms with Gasteiger partial charge in [-0.05, 0) is 91.9 Å². The van der Waals surface area contributed by atoms with Gasteiger partial charge in [0.2, 0.25) is 0 Å². The summed E-state index contributed by atoms with van der Waals surface area (Å²) >= 11 is 11.7. The molecule has 1 fully saturated rings. The number of amides is 1. The second-order valence-corrected chi connectivity index (χ2v) is 9.38. The lowest BCUT2D eigenvalue weighted by molar-refractivity contribution is 0.0937. The van der Waals surface area contributed by atoms with Crippen LogP contribution >= 0.6 is 23.2 Å². The number of fused-ring (bicyclic) bond motifs is 1. The molecule has 33 heavy (non-hydrogen) atoms. The Kier molecular flexibility index (Phi) is 8.07. The fourth-order valence-corrected chi connectivity index (χ4v) is 4.58. The maximum atomic E-state index is 13.4. The predicted octanol–water partition coefficient (Wildman–Crippen LogP) is 6.24. The van der Waals surface area contributed by atoms with E-state index >= 15 is 0 Å². The number of hydrogen-bond donors (Lipinski definition) is 2. The van der Waals surface area contributed by atoms with Crippen LogP contribution in [0.2, 0.25) is 10.0 Å². The predicted molar refractivity (Wildman–Crippen MR) is 132 cm³/mol. The summed E-state index contributed by atoms with van der Waals surface area (Å²) in [7, 11) is 0. The van der Waals surface area contributed by atoms with Gasteiger partial charge in [-0.1, -0.05) is 35.3 Å². The molecule has 0 heterocycles. The van der Waals surface area contributed by atoms with Gasteiger partial charge in [0.15, 0.2) is 0 Å². The Balaban J connectivity index is 1.14. The van der Waals surface area contributed by atoms with Crippen LogP contribution in [0.3, 0.4) is 0 Å². The van der Waals surface area contributed by atoms with Gasteiger partial charge in [0.1, 0.15) is 11.6 Å². The molecule has 0 saturated heterocycles. The lowest BCUT2D eigenvalue weighted by atomic mass is 10.1. The summed E-state index contributed by atoms with van der Waals surface area (Å²) in [6.07, 6.45) is 3.88. The molecule has 0 aromatic heterocycles. The smallest absolute Gasteiger partial charge is 0.251 e. The van der Waals surface area contributed by atoms with E-state index in [0.717, 1.165) is 49.5 Å². The summed E-state index contributed by atoms with van der Waals surface area (Å²) in [5, 5.41) is 9.47. The zero-order valence-electron chi connectivity index (χ0n) is 18.3. The molecule has 0 aliphatic heterocycles. The first-order valence-electron chi connectivity index (χ1n) is 11.3. The van der Waals surface area contributed by atoms with E-state index in [0.29, 0.717) is 28.9 Å². The molecule has 2 unspecified atom stereocenters. The second-order valence-electron chi connectivity index (χ2n) is 8.54. The van der Waals surface area contributed by atoms with Gasteiger partial charge in [-0.25, -0.2) is 4.39 Å². The van der Waals surface area contributed by atoms with Gasteiger partial charge in [-0.15, -0.1) is 0 Å². The van der Waals surface area contributed by atoms with Crippen molar-refractivity contribution < 1.29 is 13.9 Å². The fourth-order valence-electron chi connectivity index (χ4n) is 4.28. The van der Waals surface area contributed by atoms with Crippen LogP contribution < -0.4 is 15.4 Å². The van der Waals surface area contributed by atoms with Gasteiger partial charge in [-0.2, -0.15) is 0 Å². The first-order chi connectivity index (χ1) is 16.0. The normalized spacial score (nSPS) is 17.9. The summed E-state index contributed by atoms with van der Waals surface area (Å²) in [6.45, 7) is 2.25. The third kappa shape index (κ3) is 6.59. The van der Waals surface area contributed by atoms with Crippen molar-refractivity contribution in [2.24, 2.45) is 5.92 Å². The molecule has 2 N–H and O–H groups in total. The number of hydrogen-bond acceptors (Lipinski definition) is 3. The van der Waals surface area contributed by atoms with E-state index in [4.69, 9.17) is 27.9 Å². The molecule has 4 rings (SSSR count). The molecule has 0 bridgehead atoms. The molecule has 3 aromatic carbocycles. The lowest BCUT2D eigenvalue weighted by Crippen LogP contribution is -2.33. The second kappa shape index (κ2) is 11.2. The molecule has 1 aliphatic rings. The Labute approximate surface area is 203 Å². The number of carbonyl (C=O) groups excluding carboxylic acids is 1. The molecule has 7 heteroatoms. The van der Waals surface area contributed by atoms with Crippen molar-refractivity contribution in [2.75, 3.05) is 19.7 Å². The number of benzene rings is 3. The van der Waals surface area contributed by atoms with Crippen LogP contribution in [0, 0.1) is 11.7 Å². The Morgan fingerprint density at radius 2 is 1.85 bits per heavy atom. The van der Waals surface area contributed by atoms with Gasteiger partial charge < -0.3 is 15.4 Å². The van der Waals surface area contributed by atoms with Gasteiger partial charge >= 0.3 is 0 Å². The first-order valence-corrected chi connectivity index (χ1v) is 12.0. The summed E-state index contributed by atoms with van der Waals surface area (Å²) in [4.78, 5) is 12.7. The molecule has 0 radical (unpaired) electrons. The zero-order valence-corrected chi connectivity index (χ0v) is 19.8. The quantitative estimate of drug-likeness (QED) is 0.350. The maximum absolute atomic E-state index is 13.4. The number of ether oxygens (including phenoxy) is 1. The maximum Gasteiger partial charge on any atom is 0.251 e. The Morgan fingerprint density at radius 3 is 2.70 bits per heavy atom. The van der Waals surface area contributed by atoms with Crippen molar-refractivity contribution in [3.8, 4) is 5.75 Å². The van der Waals surface area contributed by atoms with Crippen molar-refractivity contribution in [2.45, 2.75) is 31.7 Å². The van der Waals surface area contributed by atoms with Crippen molar-refractivity contribution in [1.82, 2.24) is 10.6 Å². The molecule has 1 saturated carbocycles. The molecule has 174 valence electrons. The summed E-state index contributed by atoms with van der Waals surface area (Å²) in [6, 6.07) is 16.0. The highest BCUT2D eigenvalue weighted by atomic mass is 35.5. The highest BCUT2D eigenvalue weighted by Gasteiger charge is 2.25. The largest absolute Gasteiger partial charge is 0.493 e. The summed E-state index contributed by atoms with van der Waals surface area (Å²) in [5.41, 5.74) is 0.673. The van der Waals surface area contributed by atoms with Crippen molar-refractivity contribution in [1.29, 1.82) is 0 Å². The third-order valence-corrected chi connectivity index (χ3v) is 6.57. The lowest BCUT2D eigenvalue weighted by Gasteiger charge is -2.15. The van der Waals surface area contributed by atoms with E-state index in [1.807, 2.05) is 36.4 Å². The minimum Gasteiger partial charge on any atom is -0.493 e. The number of rotatable bonds is 9. The average Bonchev–Trinajstić information content (AvgIpc) is 3.25. The van der Waals surface area contributed by atoms with E-state index in [1.54, 1.807) is 6.07 Å². The monoisotopic (exact) mass is 488 g/mol. The standard InChI is InChI=1S/C26H27Cl2FN2O2/c27-21-6-5-18-13-20(4-3-19(18)14-21)26(32)31-22-7-2-17(12-22)16-30-10-1-11-33-23-8-9-24(28)25(29)15-23/h3-6,8-9,13-15,17,22,30H,1-2,7,10-12,16H2,(H,31,32). The first kappa shape index (κ1) is 23.8. The van der Waals surface area contributed by atoms with E-state index < -0.39 is 5.82 Å². The van der Waals surface area contributed by atoms with Gasteiger partial charge in [0, 0.05) is 22.7 Å². The van der Waals surface area contributed by atoms with Crippen LogP contribution in [0.4, 0.5) is 4.39 Å². The number of halogens is 3. The Morgan fingerprint density at radius 1 is 1.03 bits per heavy atom. The van der Waals surface area contributed by atoms with Crippen LogP contribution in [0.25, 0.3) is 10.8 Å². The Hall–Kier alpha value is -2.34. The summed E-state index contributed by atoms with van der Waals surface area (Å²) in [5.74, 6) is 0.531. The minimum atomic E-state index is -0.472. The van der Waals surface area contributed by atoms with Crippen LogP contribution in [0.5, 0.6) is 5.75 Å². The van der Waals surface area contributed by atoms with Crippen LogP contribution in [-0.4, -0.2) is 31.6 Å². The summed E-state index contributed by atoms with van der Waals surface area (Å²) < 4.78 is 19.0. The highest BCUT2D eigenvalue weighted by molar-refractivity contribution is 6.31. The number of carbonyl (C=O) groups is 1. The highest BCUT2D eigenvalue weighted by Crippen LogP contribution is 2.26. The zero-order chi connectivity index (χ0) is 23.2. The fraction of sp³-hybridized carbons (Fsp3) is 0.346. The van der Waals surface area contributed by atoms with E-state index in [1.165, 1.54) is 12.1 Å². The number of nitrogens with one attached hydrogen (secondary N) is 2.